The minimum Gasteiger partial charge on any atom is -0.370 e. The molecule has 1 saturated heterocycles. The molecule has 0 aromatic heterocycles. The van der Waals surface area contributed by atoms with E-state index in [2.05, 4.69) is 52.9 Å². The summed E-state index contributed by atoms with van der Waals surface area (Å²) in [7, 11) is 0. The van der Waals surface area contributed by atoms with Gasteiger partial charge in [-0.25, -0.2) is 4.99 Å². The molecule has 0 spiro atoms. The van der Waals surface area contributed by atoms with Gasteiger partial charge in [-0.05, 0) is 24.2 Å². The van der Waals surface area contributed by atoms with Crippen LogP contribution >= 0.6 is 11.8 Å². The molecule has 1 aliphatic heterocycles. The van der Waals surface area contributed by atoms with E-state index in [0.29, 0.717) is 12.5 Å². The van der Waals surface area contributed by atoms with Crippen molar-refractivity contribution in [3.05, 3.63) is 35.4 Å². The Morgan fingerprint density at radius 2 is 1.73 bits per heavy atom. The van der Waals surface area contributed by atoms with Crippen LogP contribution in [0.3, 0.4) is 0 Å². The molecule has 5 heteroatoms. The lowest BCUT2D eigenvalue weighted by Gasteiger charge is -2.27. The van der Waals surface area contributed by atoms with Crippen LogP contribution in [0, 0.1) is 0 Å². The summed E-state index contributed by atoms with van der Waals surface area (Å²) in [5.41, 5.74) is 8.67. The molecule has 4 nitrogen and oxygen atoms in total. The second-order valence-corrected chi connectivity index (χ2v) is 6.78. The van der Waals surface area contributed by atoms with Gasteiger partial charge >= 0.3 is 0 Å². The molecule has 122 valence electrons. The molecule has 0 aliphatic carbocycles. The first-order valence-electron chi connectivity index (χ1n) is 8.15. The maximum atomic E-state index is 6.09. The van der Waals surface area contributed by atoms with Gasteiger partial charge in [0.25, 0.3) is 0 Å². The predicted molar refractivity (Wildman–Crippen MR) is 97.3 cm³/mol. The third-order valence-corrected chi connectivity index (χ3v) is 5.02. The van der Waals surface area contributed by atoms with E-state index < -0.39 is 0 Å². The van der Waals surface area contributed by atoms with E-state index in [0.717, 1.165) is 44.2 Å². The molecule has 0 saturated carbocycles. The molecule has 0 bridgehead atoms. The van der Waals surface area contributed by atoms with E-state index >= 15 is 0 Å². The van der Waals surface area contributed by atoms with Crippen LogP contribution in [-0.4, -0.2) is 53.4 Å². The number of hydrogen-bond donors (Lipinski definition) is 1. The van der Waals surface area contributed by atoms with Crippen molar-refractivity contribution >= 4 is 17.7 Å². The fourth-order valence-corrected chi connectivity index (χ4v) is 3.42. The minimum absolute atomic E-state index is 0.668. The van der Waals surface area contributed by atoms with Crippen molar-refractivity contribution < 1.29 is 0 Å². The van der Waals surface area contributed by atoms with Gasteiger partial charge in [-0.1, -0.05) is 38.1 Å². The maximum Gasteiger partial charge on any atom is 0.191 e. The van der Waals surface area contributed by atoms with Crippen molar-refractivity contribution in [1.29, 1.82) is 0 Å². The normalized spacial score (nSPS) is 16.3. The Kier molecular flexibility index (Phi) is 7.06. The van der Waals surface area contributed by atoms with Gasteiger partial charge in [-0.3, -0.25) is 4.90 Å². The molecule has 2 N–H and O–H groups in total. The smallest absolute Gasteiger partial charge is 0.191 e. The molecule has 2 rings (SSSR count). The van der Waals surface area contributed by atoms with Gasteiger partial charge in [-0.2, -0.15) is 11.8 Å². The molecule has 1 aromatic carbocycles. The summed E-state index contributed by atoms with van der Waals surface area (Å²) >= 11 is 1.98. The highest BCUT2D eigenvalue weighted by atomic mass is 32.2. The zero-order chi connectivity index (χ0) is 15.8. The van der Waals surface area contributed by atoms with Crippen LogP contribution in [0.2, 0.25) is 0 Å². The predicted octanol–water partition coefficient (Wildman–Crippen LogP) is 2.39. The average Bonchev–Trinajstić information content (AvgIpc) is 2.59. The van der Waals surface area contributed by atoms with Crippen LogP contribution in [-0.2, 0) is 13.1 Å². The van der Waals surface area contributed by atoms with Crippen LogP contribution in [0.15, 0.2) is 29.3 Å². The topological polar surface area (TPSA) is 44.9 Å². The van der Waals surface area contributed by atoms with Crippen LogP contribution in [0.1, 0.15) is 25.0 Å². The summed E-state index contributed by atoms with van der Waals surface area (Å²) < 4.78 is 0. The van der Waals surface area contributed by atoms with E-state index in [-0.39, 0.29) is 0 Å². The Morgan fingerprint density at radius 1 is 1.14 bits per heavy atom. The number of rotatable bonds is 6. The molecule has 22 heavy (non-hydrogen) atoms. The highest BCUT2D eigenvalue weighted by Gasteiger charge is 2.11. The van der Waals surface area contributed by atoms with E-state index in [9.17, 15) is 0 Å². The first-order chi connectivity index (χ1) is 10.7. The molecule has 0 amide bonds. The van der Waals surface area contributed by atoms with E-state index in [4.69, 9.17) is 5.73 Å². The molecule has 0 unspecified atom stereocenters. The fourth-order valence-electron chi connectivity index (χ4n) is 2.52. The number of guanidine groups is 1. The molecule has 1 fully saturated rings. The molecule has 1 aromatic rings. The van der Waals surface area contributed by atoms with E-state index in [1.165, 1.54) is 11.1 Å². The van der Waals surface area contributed by atoms with Gasteiger partial charge in [0.2, 0.25) is 0 Å². The third-order valence-electron chi connectivity index (χ3n) is 4.08. The van der Waals surface area contributed by atoms with E-state index in [1.54, 1.807) is 0 Å². The summed E-state index contributed by atoms with van der Waals surface area (Å²) in [5.74, 6) is 2.99. The van der Waals surface area contributed by atoms with Gasteiger partial charge in [0.15, 0.2) is 5.96 Å². The van der Waals surface area contributed by atoms with Gasteiger partial charge in [0.1, 0.15) is 0 Å². The zero-order valence-corrected chi connectivity index (χ0v) is 14.6. The quantitative estimate of drug-likeness (QED) is 0.646. The fraction of sp³-hybridized carbons (Fsp3) is 0.588. The van der Waals surface area contributed by atoms with Crippen LogP contribution < -0.4 is 5.73 Å². The Morgan fingerprint density at radius 3 is 2.32 bits per heavy atom. The Labute approximate surface area is 138 Å². The zero-order valence-electron chi connectivity index (χ0n) is 13.8. The van der Waals surface area contributed by atoms with Crippen LogP contribution in [0.5, 0.6) is 0 Å². The number of nitrogens with zero attached hydrogens (tertiary/aromatic N) is 3. The Hall–Kier alpha value is -1.20. The molecule has 0 radical (unpaired) electrons. The number of aliphatic imine (C=N–C) groups is 1. The highest BCUT2D eigenvalue weighted by Crippen LogP contribution is 2.11. The first-order valence-corrected chi connectivity index (χ1v) is 9.31. The monoisotopic (exact) mass is 320 g/mol. The molecule has 0 atom stereocenters. The van der Waals surface area contributed by atoms with Crippen molar-refractivity contribution in [2.24, 2.45) is 10.7 Å². The van der Waals surface area contributed by atoms with Gasteiger partial charge in [-0.15, -0.1) is 0 Å². The van der Waals surface area contributed by atoms with E-state index in [1.807, 2.05) is 11.8 Å². The van der Waals surface area contributed by atoms with Crippen molar-refractivity contribution in [2.75, 3.05) is 37.7 Å². The lowest BCUT2D eigenvalue weighted by Crippen LogP contribution is -2.42. The molecular formula is C17H28N4S. The van der Waals surface area contributed by atoms with Crippen molar-refractivity contribution in [1.82, 2.24) is 9.80 Å². The summed E-state index contributed by atoms with van der Waals surface area (Å²) in [6.07, 6.45) is 0. The second-order valence-electron chi connectivity index (χ2n) is 5.55. The summed E-state index contributed by atoms with van der Waals surface area (Å²) in [4.78, 5) is 9.14. The number of benzene rings is 1. The first kappa shape index (κ1) is 17.2. The molecular weight excluding hydrogens is 292 g/mol. The van der Waals surface area contributed by atoms with Crippen molar-refractivity contribution in [3.63, 3.8) is 0 Å². The number of thioether (sulfide) groups is 1. The van der Waals surface area contributed by atoms with Gasteiger partial charge < -0.3 is 10.6 Å². The maximum absolute atomic E-state index is 6.09. The van der Waals surface area contributed by atoms with Crippen LogP contribution in [0.4, 0.5) is 0 Å². The number of hydrogen-bond acceptors (Lipinski definition) is 3. The summed E-state index contributed by atoms with van der Waals surface area (Å²) in [6.45, 7) is 10.3. The standard InChI is InChI=1S/C17H28N4S/c1-3-20(4-2)14-16-7-5-15(6-8-16)13-19-17(18)21-9-11-22-12-10-21/h5-8H,3-4,9-14H2,1-2H3,(H2,18,19). The average molecular weight is 321 g/mol. The lowest BCUT2D eigenvalue weighted by atomic mass is 10.1. The Balaban J connectivity index is 1.87. The highest BCUT2D eigenvalue weighted by molar-refractivity contribution is 7.99. The lowest BCUT2D eigenvalue weighted by molar-refractivity contribution is 0.296. The third kappa shape index (κ3) is 5.21. The van der Waals surface area contributed by atoms with Gasteiger partial charge in [0.05, 0.1) is 6.54 Å². The van der Waals surface area contributed by atoms with Crippen molar-refractivity contribution in [3.8, 4) is 0 Å². The minimum atomic E-state index is 0.668. The largest absolute Gasteiger partial charge is 0.370 e. The summed E-state index contributed by atoms with van der Waals surface area (Å²) in [6, 6.07) is 8.75. The summed E-state index contributed by atoms with van der Waals surface area (Å²) in [5, 5.41) is 0. The van der Waals surface area contributed by atoms with Crippen molar-refractivity contribution in [2.45, 2.75) is 26.9 Å². The Bertz CT molecular complexity index is 462. The number of nitrogens with two attached hydrogens (primary N) is 1. The second kappa shape index (κ2) is 9.06. The van der Waals surface area contributed by atoms with Gasteiger partial charge in [0, 0.05) is 31.1 Å². The van der Waals surface area contributed by atoms with Crippen LogP contribution in [0.25, 0.3) is 0 Å². The molecule has 1 heterocycles. The molecule has 1 aliphatic rings. The SMILES string of the molecule is CCN(CC)Cc1ccc(CN=C(N)N2CCSCC2)cc1.